The van der Waals surface area contributed by atoms with Crippen molar-refractivity contribution < 1.29 is 14.3 Å². The summed E-state index contributed by atoms with van der Waals surface area (Å²) in [6, 6.07) is 0. The molecule has 1 aliphatic carbocycles. The zero-order valence-electron chi connectivity index (χ0n) is 13.5. The van der Waals surface area contributed by atoms with E-state index < -0.39 is 0 Å². The van der Waals surface area contributed by atoms with Crippen LogP contribution < -0.4 is 0 Å². The average Bonchev–Trinajstić information content (AvgIpc) is 2.62. The number of carbonyl (C=O) groups excluding carboxylic acids is 2. The zero-order chi connectivity index (χ0) is 15.4. The van der Waals surface area contributed by atoms with Crippen molar-refractivity contribution in [1.29, 1.82) is 0 Å². The first-order valence-electron chi connectivity index (χ1n) is 8.91. The molecule has 1 saturated carbocycles. The van der Waals surface area contributed by atoms with Crippen molar-refractivity contribution in [3.63, 3.8) is 0 Å². The Balaban J connectivity index is 1.47. The molecule has 2 heterocycles. The van der Waals surface area contributed by atoms with Crippen LogP contribution in [-0.2, 0) is 14.3 Å². The summed E-state index contributed by atoms with van der Waals surface area (Å²) in [5.41, 5.74) is 0. The maximum atomic E-state index is 12.5. The molecular formula is C17H28N2O3. The quantitative estimate of drug-likeness (QED) is 0.779. The highest BCUT2D eigenvalue weighted by atomic mass is 16.5. The van der Waals surface area contributed by atoms with Crippen LogP contribution >= 0.6 is 0 Å². The summed E-state index contributed by atoms with van der Waals surface area (Å²) in [6.45, 7) is 4.28. The van der Waals surface area contributed by atoms with Crippen molar-refractivity contribution in [3.05, 3.63) is 0 Å². The van der Waals surface area contributed by atoms with Gasteiger partial charge in [0.15, 0.2) is 0 Å². The second-order valence-electron chi connectivity index (χ2n) is 6.87. The minimum Gasteiger partial charge on any atom is -0.378 e. The minimum absolute atomic E-state index is 0.105. The van der Waals surface area contributed by atoms with Gasteiger partial charge in [-0.15, -0.1) is 0 Å². The van der Waals surface area contributed by atoms with Crippen molar-refractivity contribution in [1.82, 2.24) is 9.80 Å². The molecule has 2 amide bonds. The van der Waals surface area contributed by atoms with Crippen molar-refractivity contribution in [2.24, 2.45) is 11.8 Å². The van der Waals surface area contributed by atoms with Gasteiger partial charge in [-0.2, -0.15) is 0 Å². The molecular weight excluding hydrogens is 280 g/mol. The van der Waals surface area contributed by atoms with Crippen LogP contribution in [-0.4, -0.2) is 61.0 Å². The molecule has 5 heteroatoms. The van der Waals surface area contributed by atoms with E-state index in [1.165, 1.54) is 19.3 Å². The molecule has 5 nitrogen and oxygen atoms in total. The Morgan fingerprint density at radius 1 is 0.682 bits per heavy atom. The fourth-order valence-electron chi connectivity index (χ4n) is 4.00. The molecule has 0 bridgehead atoms. The molecule has 0 atom stereocenters. The van der Waals surface area contributed by atoms with Gasteiger partial charge in [0, 0.05) is 38.0 Å². The predicted octanol–water partition coefficient (Wildman–Crippen LogP) is 1.66. The van der Waals surface area contributed by atoms with Crippen LogP contribution in [0.3, 0.4) is 0 Å². The van der Waals surface area contributed by atoms with Crippen LogP contribution in [0.4, 0.5) is 0 Å². The summed E-state index contributed by atoms with van der Waals surface area (Å²) in [5.74, 6) is 0.971. The Bertz CT molecular complexity index is 355. The molecule has 3 fully saturated rings. The summed E-state index contributed by atoms with van der Waals surface area (Å²) in [4.78, 5) is 29.0. The highest BCUT2D eigenvalue weighted by Crippen LogP contribution is 2.28. The first kappa shape index (κ1) is 15.8. The van der Waals surface area contributed by atoms with Gasteiger partial charge in [0.05, 0.1) is 13.2 Å². The Hall–Kier alpha value is -1.10. The van der Waals surface area contributed by atoms with Crippen molar-refractivity contribution in [2.45, 2.75) is 44.9 Å². The third-order valence-electron chi connectivity index (χ3n) is 5.43. The van der Waals surface area contributed by atoms with E-state index in [-0.39, 0.29) is 17.7 Å². The molecule has 0 radical (unpaired) electrons. The van der Waals surface area contributed by atoms with Gasteiger partial charge >= 0.3 is 0 Å². The van der Waals surface area contributed by atoms with Gasteiger partial charge in [0.1, 0.15) is 0 Å². The Kier molecular flexibility index (Phi) is 5.34. The topological polar surface area (TPSA) is 49.9 Å². The van der Waals surface area contributed by atoms with Crippen LogP contribution in [0, 0.1) is 11.8 Å². The van der Waals surface area contributed by atoms with Crippen molar-refractivity contribution in [3.8, 4) is 0 Å². The molecule has 0 aromatic carbocycles. The number of rotatable bonds is 2. The average molecular weight is 308 g/mol. The Morgan fingerprint density at radius 2 is 1.18 bits per heavy atom. The molecule has 3 rings (SSSR count). The van der Waals surface area contributed by atoms with E-state index in [9.17, 15) is 9.59 Å². The van der Waals surface area contributed by atoms with E-state index in [0.717, 1.165) is 51.9 Å². The molecule has 2 aliphatic heterocycles. The number of likely N-dealkylation sites (tertiary alicyclic amines) is 1. The molecule has 0 aromatic heterocycles. The Labute approximate surface area is 133 Å². The lowest BCUT2D eigenvalue weighted by Crippen LogP contribution is -2.48. The fourth-order valence-corrected chi connectivity index (χ4v) is 4.00. The number of morpholine rings is 1. The zero-order valence-corrected chi connectivity index (χ0v) is 13.5. The molecule has 3 aliphatic rings. The number of carbonyl (C=O) groups is 2. The molecule has 0 spiro atoms. The fraction of sp³-hybridized carbons (Fsp3) is 0.882. The number of amides is 2. The van der Waals surface area contributed by atoms with E-state index >= 15 is 0 Å². The van der Waals surface area contributed by atoms with E-state index in [1.54, 1.807) is 0 Å². The van der Waals surface area contributed by atoms with Gasteiger partial charge < -0.3 is 14.5 Å². The van der Waals surface area contributed by atoms with Gasteiger partial charge in [-0.1, -0.05) is 19.3 Å². The van der Waals surface area contributed by atoms with Crippen LogP contribution in [0.15, 0.2) is 0 Å². The number of hydrogen-bond acceptors (Lipinski definition) is 3. The second-order valence-corrected chi connectivity index (χ2v) is 6.87. The normalized spacial score (nSPS) is 25.3. The molecule has 0 N–H and O–H groups in total. The van der Waals surface area contributed by atoms with Crippen molar-refractivity contribution >= 4 is 11.8 Å². The molecule has 0 aromatic rings. The molecule has 22 heavy (non-hydrogen) atoms. The highest BCUT2D eigenvalue weighted by Gasteiger charge is 2.33. The van der Waals surface area contributed by atoms with E-state index in [1.807, 2.05) is 9.80 Å². The van der Waals surface area contributed by atoms with Gasteiger partial charge in [-0.3, -0.25) is 9.59 Å². The lowest BCUT2D eigenvalue weighted by Gasteiger charge is -2.37. The molecule has 124 valence electrons. The summed E-state index contributed by atoms with van der Waals surface area (Å²) >= 11 is 0. The molecule has 0 unspecified atom stereocenters. The first-order valence-corrected chi connectivity index (χ1v) is 8.91. The van der Waals surface area contributed by atoms with Crippen LogP contribution in [0.5, 0.6) is 0 Å². The third kappa shape index (κ3) is 3.62. The summed E-state index contributed by atoms with van der Waals surface area (Å²) in [6.07, 6.45) is 7.45. The minimum atomic E-state index is 0.105. The van der Waals surface area contributed by atoms with Gasteiger partial charge in [0.25, 0.3) is 0 Å². The number of nitrogens with zero attached hydrogens (tertiary/aromatic N) is 2. The van der Waals surface area contributed by atoms with E-state index in [0.29, 0.717) is 19.1 Å². The lowest BCUT2D eigenvalue weighted by molar-refractivity contribution is -0.145. The van der Waals surface area contributed by atoms with Gasteiger partial charge in [-0.05, 0) is 25.7 Å². The first-order chi connectivity index (χ1) is 10.8. The van der Waals surface area contributed by atoms with Crippen LogP contribution in [0.25, 0.3) is 0 Å². The third-order valence-corrected chi connectivity index (χ3v) is 5.43. The van der Waals surface area contributed by atoms with Gasteiger partial charge in [-0.25, -0.2) is 0 Å². The van der Waals surface area contributed by atoms with E-state index in [4.69, 9.17) is 4.74 Å². The standard InChI is InChI=1S/C17H28N2O3/c20-16(14-4-2-1-3-5-14)18-8-6-15(7-9-18)17(21)19-10-12-22-13-11-19/h14-15H,1-13H2. The SMILES string of the molecule is O=C(C1CCN(C(=O)C2CCCCC2)CC1)N1CCOCC1. The number of ether oxygens (including phenoxy) is 1. The summed E-state index contributed by atoms with van der Waals surface area (Å²) in [5, 5.41) is 0. The monoisotopic (exact) mass is 308 g/mol. The van der Waals surface area contributed by atoms with Crippen molar-refractivity contribution in [2.75, 3.05) is 39.4 Å². The summed E-state index contributed by atoms with van der Waals surface area (Å²) in [7, 11) is 0. The largest absolute Gasteiger partial charge is 0.378 e. The smallest absolute Gasteiger partial charge is 0.225 e. The van der Waals surface area contributed by atoms with Crippen LogP contribution in [0.1, 0.15) is 44.9 Å². The highest BCUT2D eigenvalue weighted by molar-refractivity contribution is 5.81. The number of hydrogen-bond donors (Lipinski definition) is 0. The lowest BCUT2D eigenvalue weighted by atomic mass is 9.87. The molecule has 2 saturated heterocycles. The predicted molar refractivity (Wildman–Crippen MR) is 83.3 cm³/mol. The van der Waals surface area contributed by atoms with Crippen LogP contribution in [0.2, 0.25) is 0 Å². The van der Waals surface area contributed by atoms with Gasteiger partial charge in [0.2, 0.25) is 11.8 Å². The maximum absolute atomic E-state index is 12.5. The summed E-state index contributed by atoms with van der Waals surface area (Å²) < 4.78 is 5.31. The van der Waals surface area contributed by atoms with E-state index in [2.05, 4.69) is 0 Å². The maximum Gasteiger partial charge on any atom is 0.225 e. The number of piperidine rings is 1. The second kappa shape index (κ2) is 7.44. The Morgan fingerprint density at radius 3 is 1.77 bits per heavy atom.